The minimum absolute atomic E-state index is 0.0493. The molecule has 3 aromatic rings. The highest BCUT2D eigenvalue weighted by molar-refractivity contribution is 7.41. The van der Waals surface area contributed by atoms with Gasteiger partial charge in [-0.25, -0.2) is 20.1 Å². The van der Waals surface area contributed by atoms with Crippen molar-refractivity contribution in [3.63, 3.8) is 0 Å². The van der Waals surface area contributed by atoms with Crippen molar-refractivity contribution in [3.8, 4) is 11.1 Å². The minimum atomic E-state index is -1.75. The van der Waals surface area contributed by atoms with E-state index in [9.17, 15) is 4.79 Å². The number of carbonyl (C=O) groups excluding carboxylic acids is 1. The molecule has 45 heavy (non-hydrogen) atoms. The van der Waals surface area contributed by atoms with Crippen LogP contribution in [0, 0.1) is 5.82 Å². The Morgan fingerprint density at radius 3 is 2.67 bits per heavy atom. The lowest BCUT2D eigenvalue weighted by Crippen LogP contribution is -2.26. The van der Waals surface area contributed by atoms with E-state index in [0.717, 1.165) is 22.7 Å². The number of anilines is 1. The number of cyclic esters (lactones) is 1. The van der Waals surface area contributed by atoms with Crippen molar-refractivity contribution in [2.24, 2.45) is 16.7 Å². The van der Waals surface area contributed by atoms with Gasteiger partial charge in [-0.1, -0.05) is 61.5 Å². The van der Waals surface area contributed by atoms with Crippen LogP contribution < -0.4 is 16.5 Å². The average Bonchev–Trinajstić information content (AvgIpc) is 3.42. The third-order valence-corrected chi connectivity index (χ3v) is 7.66. The van der Waals surface area contributed by atoms with E-state index < -0.39 is 26.6 Å². The van der Waals surface area contributed by atoms with Gasteiger partial charge in [0.2, 0.25) is 0 Å². The fourth-order valence-electron chi connectivity index (χ4n) is 4.24. The molecule has 0 aliphatic carbocycles. The second-order valence-electron chi connectivity index (χ2n) is 10.0. The van der Waals surface area contributed by atoms with Crippen molar-refractivity contribution in [1.82, 2.24) is 10.1 Å². The maximum absolute atomic E-state index is 15.2. The first-order valence-corrected chi connectivity index (χ1v) is 15.5. The van der Waals surface area contributed by atoms with Crippen molar-refractivity contribution < 1.29 is 27.5 Å². The number of ether oxygens (including phenoxy) is 1. The van der Waals surface area contributed by atoms with Gasteiger partial charge in [0.05, 0.1) is 32.1 Å². The summed E-state index contributed by atoms with van der Waals surface area (Å²) in [5, 5.41) is 4.98. The molecule has 1 aliphatic rings. The predicted octanol–water partition coefficient (Wildman–Crippen LogP) is 6.03. The van der Waals surface area contributed by atoms with E-state index in [1.165, 1.54) is 24.2 Å². The Morgan fingerprint density at radius 1 is 1.20 bits per heavy atom. The second kappa shape index (κ2) is 16.8. The second-order valence-corrected chi connectivity index (χ2v) is 11.2. The molecule has 11 nitrogen and oxygen atoms in total. The summed E-state index contributed by atoms with van der Waals surface area (Å²) < 4.78 is 38.7. The number of pyridine rings is 1. The van der Waals surface area contributed by atoms with Crippen LogP contribution in [0.4, 0.5) is 14.9 Å². The van der Waals surface area contributed by atoms with Gasteiger partial charge < -0.3 is 24.0 Å². The van der Waals surface area contributed by atoms with Crippen LogP contribution in [0.3, 0.4) is 0 Å². The van der Waals surface area contributed by atoms with E-state index in [1.807, 2.05) is 55.5 Å². The number of amides is 1. The lowest BCUT2D eigenvalue weighted by molar-refractivity contribution is 0.0851. The van der Waals surface area contributed by atoms with Crippen LogP contribution >= 0.6 is 8.60 Å². The van der Waals surface area contributed by atoms with Gasteiger partial charge in [-0.15, -0.1) is 5.10 Å². The molecule has 13 heteroatoms. The number of nitrogens with zero attached hydrogens (tertiary/aromatic N) is 4. The number of hydrazine groups is 1. The van der Waals surface area contributed by atoms with Crippen LogP contribution in [0.1, 0.15) is 31.5 Å². The van der Waals surface area contributed by atoms with Crippen LogP contribution in [0.15, 0.2) is 95.8 Å². The number of amidine groups is 1. The SMILES string of the molecule is C/C=C\C=C(/CC)COP(OCc1ccccc1)OCC1CN(c2ccc(-c3ccc(/C(N)=N/N(C)N)nc3)c(F)c2)C(=O)O1. The molecule has 1 amide bonds. The normalized spacial score (nSPS) is 16.3. The van der Waals surface area contributed by atoms with Gasteiger partial charge in [-0.2, -0.15) is 0 Å². The number of hydrogen-bond donors (Lipinski definition) is 2. The summed E-state index contributed by atoms with van der Waals surface area (Å²) >= 11 is 0. The number of nitrogens with two attached hydrogens (primary N) is 2. The van der Waals surface area contributed by atoms with Gasteiger partial charge in [0.25, 0.3) is 0 Å². The largest absolute Gasteiger partial charge is 0.441 e. The summed E-state index contributed by atoms with van der Waals surface area (Å²) in [7, 11) is -0.214. The highest BCUT2D eigenvalue weighted by Crippen LogP contribution is 2.42. The third-order valence-electron chi connectivity index (χ3n) is 6.62. The molecule has 1 aromatic heterocycles. The Labute approximate surface area is 263 Å². The fraction of sp³-hybridized carbons (Fsp3) is 0.281. The number of carbonyl (C=O) groups is 1. The molecule has 2 unspecified atom stereocenters. The smallest absolute Gasteiger partial charge is 0.414 e. The summed E-state index contributed by atoms with van der Waals surface area (Å²) in [6, 6.07) is 17.5. The molecule has 0 radical (unpaired) electrons. The molecule has 1 saturated heterocycles. The zero-order valence-electron chi connectivity index (χ0n) is 25.5. The Bertz CT molecular complexity index is 1500. The van der Waals surface area contributed by atoms with E-state index in [0.29, 0.717) is 35.7 Å². The number of hydrazone groups is 1. The Kier molecular flexibility index (Phi) is 12.6. The molecule has 1 fully saturated rings. The van der Waals surface area contributed by atoms with E-state index in [2.05, 4.69) is 17.0 Å². The average molecular weight is 637 g/mol. The van der Waals surface area contributed by atoms with Gasteiger partial charge in [-0.3, -0.25) is 9.88 Å². The van der Waals surface area contributed by atoms with Crippen molar-refractivity contribution in [3.05, 3.63) is 108 Å². The van der Waals surface area contributed by atoms with Gasteiger partial charge >= 0.3 is 14.7 Å². The Balaban J connectivity index is 1.38. The van der Waals surface area contributed by atoms with Crippen molar-refractivity contribution >= 4 is 26.2 Å². The summed E-state index contributed by atoms with van der Waals surface area (Å²) in [5.74, 6) is 5.09. The fourth-order valence-corrected chi connectivity index (χ4v) is 5.28. The first-order chi connectivity index (χ1) is 21.8. The van der Waals surface area contributed by atoms with Crippen molar-refractivity contribution in [2.75, 3.05) is 31.7 Å². The highest BCUT2D eigenvalue weighted by atomic mass is 31.2. The Morgan fingerprint density at radius 2 is 2.00 bits per heavy atom. The van der Waals surface area contributed by atoms with E-state index in [4.69, 9.17) is 29.9 Å². The molecule has 2 atom stereocenters. The molecule has 1 aliphatic heterocycles. The summed E-state index contributed by atoms with van der Waals surface area (Å²) in [6.07, 6.45) is 7.02. The van der Waals surface area contributed by atoms with Crippen LogP contribution in [-0.4, -0.2) is 54.9 Å². The first kappa shape index (κ1) is 33.7. The van der Waals surface area contributed by atoms with Crippen molar-refractivity contribution in [1.29, 1.82) is 0 Å². The number of aromatic nitrogens is 1. The number of benzene rings is 2. The number of allylic oxidation sites excluding steroid dienone is 3. The summed E-state index contributed by atoms with van der Waals surface area (Å²) in [5.41, 5.74) is 9.53. The minimum Gasteiger partial charge on any atom is -0.441 e. The molecule has 0 spiro atoms. The zero-order chi connectivity index (χ0) is 32.2. The number of halogens is 1. The summed E-state index contributed by atoms with van der Waals surface area (Å²) in [6.45, 7) is 4.87. The monoisotopic (exact) mass is 636 g/mol. The van der Waals surface area contributed by atoms with Gasteiger partial charge in [0.1, 0.15) is 17.6 Å². The molecule has 238 valence electrons. The van der Waals surface area contributed by atoms with Crippen molar-refractivity contribution in [2.45, 2.75) is 33.0 Å². The Hall–Kier alpha value is -4.19. The molecular weight excluding hydrogens is 598 g/mol. The van der Waals surface area contributed by atoms with E-state index >= 15 is 4.39 Å². The zero-order valence-corrected chi connectivity index (χ0v) is 26.4. The number of hydrogen-bond acceptors (Lipinski definition) is 9. The van der Waals surface area contributed by atoms with Gasteiger partial charge in [-0.05, 0) is 48.7 Å². The van der Waals surface area contributed by atoms with Crippen LogP contribution in [0.2, 0.25) is 0 Å². The van der Waals surface area contributed by atoms with Crippen LogP contribution in [0.25, 0.3) is 11.1 Å². The quantitative estimate of drug-likeness (QED) is 0.0512. The maximum Gasteiger partial charge on any atom is 0.414 e. The molecule has 0 saturated carbocycles. The van der Waals surface area contributed by atoms with Crippen LogP contribution in [0.5, 0.6) is 0 Å². The third kappa shape index (κ3) is 9.90. The van der Waals surface area contributed by atoms with Gasteiger partial charge in [0, 0.05) is 24.4 Å². The maximum atomic E-state index is 15.2. The van der Waals surface area contributed by atoms with E-state index in [1.54, 1.807) is 24.3 Å². The van der Waals surface area contributed by atoms with E-state index in [-0.39, 0.29) is 19.0 Å². The standard InChI is InChI=1S/C32H38FN6O5P/c1-4-6-10-23(5-2)20-41-45(42-21-24-11-8-7-9-12-24)43-22-27-19-39(32(40)44-27)26-14-15-28(29(33)17-26)25-13-16-30(36-18-25)31(34)37-38(3)35/h4,6-18,27H,5,19-22,35H2,1-3H3,(H2,34,37)/b6-4-,23-10+. The summed E-state index contributed by atoms with van der Waals surface area (Å²) in [4.78, 5) is 18.4. The molecule has 0 bridgehead atoms. The highest BCUT2D eigenvalue weighted by Gasteiger charge is 2.34. The molecular formula is C32H38FN6O5P. The van der Waals surface area contributed by atoms with Crippen LogP contribution in [-0.2, 0) is 24.9 Å². The predicted molar refractivity (Wildman–Crippen MR) is 173 cm³/mol. The van der Waals surface area contributed by atoms with Gasteiger partial charge in [0.15, 0.2) is 5.84 Å². The lowest BCUT2D eigenvalue weighted by atomic mass is 10.1. The first-order valence-electron chi connectivity index (χ1n) is 14.4. The molecule has 4 N–H and O–H groups in total. The number of rotatable bonds is 15. The molecule has 2 aromatic carbocycles. The lowest BCUT2D eigenvalue weighted by Gasteiger charge is -2.19. The molecule has 2 heterocycles. The molecule has 4 rings (SSSR count). The topological polar surface area (TPSA) is 138 Å².